The van der Waals surface area contributed by atoms with Gasteiger partial charge in [-0.1, -0.05) is 303 Å². The number of hydrogen-bond acceptors (Lipinski definition) is 16. The maximum absolute atomic E-state index is 5.28. The molecule has 0 aliphatic heterocycles. The third-order valence-corrected chi connectivity index (χ3v) is 20.1. The number of benzene rings is 10. The van der Waals surface area contributed by atoms with E-state index in [0.717, 1.165) is 112 Å². The molecule has 10 aromatic carbocycles. The molecule has 20 rings (SSSR count). The Kier molecular flexibility index (Phi) is 20.9. The number of nitrogens with zero attached hydrogens (tertiary/aromatic N) is 16. The Labute approximate surface area is 692 Å². The van der Waals surface area contributed by atoms with Crippen molar-refractivity contribution in [2.24, 2.45) is 0 Å². The van der Waals surface area contributed by atoms with E-state index in [2.05, 4.69) is 72.8 Å². The zero-order chi connectivity index (χ0) is 80.2. The van der Waals surface area contributed by atoms with Gasteiger partial charge in [0, 0.05) is 91.5 Å². The topological polar surface area (TPSA) is 206 Å². The highest BCUT2D eigenvalue weighted by Crippen LogP contribution is 2.39. The van der Waals surface area contributed by atoms with Gasteiger partial charge in [0.1, 0.15) is 0 Å². The van der Waals surface area contributed by atoms with Crippen LogP contribution >= 0.6 is 0 Å². The smallest absolute Gasteiger partial charge is 0.166 e. The SMILES string of the molecule is c1ccc(-c2cc(-c3cc(-c4cc(-c5ccccc5)nc(-c5ccccc5)n4)ccn3)nc(-c3cc(-c4nc(-c5ccccc5)nc(-c5ccccc5)n4)ccn3)c2)cc1.c1ccc(-c2cc(-c3cc(-c4cc(-c5ccccc5)nc(-c5ccccc5)n4)ccn3)nc(-c3ncccc3-c3nc(-c4ccccc4)nc(-c4ccccc4)n3)c2)cc1. The van der Waals surface area contributed by atoms with E-state index in [1.807, 2.05) is 322 Å². The first-order valence-electron chi connectivity index (χ1n) is 39.2. The molecule has 0 atom stereocenters. The summed E-state index contributed by atoms with van der Waals surface area (Å²) >= 11 is 0. The summed E-state index contributed by atoms with van der Waals surface area (Å²) in [4.78, 5) is 79.9. The highest BCUT2D eigenvalue weighted by Gasteiger charge is 2.23. The van der Waals surface area contributed by atoms with Crippen LogP contribution < -0.4 is 0 Å². The molecule has 0 N–H and O–H groups in total. The van der Waals surface area contributed by atoms with Crippen LogP contribution in [0.2, 0.25) is 0 Å². The highest BCUT2D eigenvalue weighted by molar-refractivity contribution is 5.85. The van der Waals surface area contributed by atoms with Gasteiger partial charge in [0.05, 0.1) is 68.3 Å². The van der Waals surface area contributed by atoms with Crippen molar-refractivity contribution in [3.8, 4) is 204 Å². The molecule has 0 saturated carbocycles. The molecule has 16 nitrogen and oxygen atoms in total. The van der Waals surface area contributed by atoms with Crippen LogP contribution in [0.3, 0.4) is 0 Å². The minimum atomic E-state index is 0.492. The first-order valence-corrected chi connectivity index (χ1v) is 39.2. The molecule has 10 aromatic heterocycles. The summed E-state index contributed by atoms with van der Waals surface area (Å²) in [5.41, 5.74) is 23.4. The molecule has 10 heterocycles. The average molecular weight is 1540 g/mol. The lowest BCUT2D eigenvalue weighted by Gasteiger charge is -2.14. The average Bonchev–Trinajstić information content (AvgIpc) is 0.801. The molecule has 120 heavy (non-hydrogen) atoms. The van der Waals surface area contributed by atoms with Crippen molar-refractivity contribution in [2.75, 3.05) is 0 Å². The zero-order valence-corrected chi connectivity index (χ0v) is 64.4. The van der Waals surface area contributed by atoms with E-state index in [0.29, 0.717) is 92.1 Å². The fourth-order valence-electron chi connectivity index (χ4n) is 14.1. The van der Waals surface area contributed by atoms with Crippen LogP contribution in [0.15, 0.2) is 413 Å². The summed E-state index contributed by atoms with van der Waals surface area (Å²) in [6.45, 7) is 0. The van der Waals surface area contributed by atoms with Crippen molar-refractivity contribution >= 4 is 0 Å². The molecule has 0 aliphatic rings. The summed E-state index contributed by atoms with van der Waals surface area (Å²) in [7, 11) is 0. The molecule has 0 unspecified atom stereocenters. The maximum atomic E-state index is 5.28. The predicted octanol–water partition coefficient (Wildman–Crippen LogP) is 23.7. The molecule has 0 spiro atoms. The third-order valence-electron chi connectivity index (χ3n) is 20.1. The van der Waals surface area contributed by atoms with Gasteiger partial charge in [-0.05, 0) is 107 Å². The van der Waals surface area contributed by atoms with E-state index in [9.17, 15) is 0 Å². The van der Waals surface area contributed by atoms with Crippen molar-refractivity contribution in [1.29, 1.82) is 0 Å². The van der Waals surface area contributed by atoms with Gasteiger partial charge < -0.3 is 0 Å². The van der Waals surface area contributed by atoms with Gasteiger partial charge in [-0.3, -0.25) is 19.9 Å². The highest BCUT2D eigenvalue weighted by atomic mass is 15.0. The summed E-state index contributed by atoms with van der Waals surface area (Å²) in [5, 5.41) is 0. The third kappa shape index (κ3) is 16.5. The summed E-state index contributed by atoms with van der Waals surface area (Å²) in [6, 6.07) is 129. The van der Waals surface area contributed by atoms with Gasteiger partial charge in [0.25, 0.3) is 0 Å². The fourth-order valence-corrected chi connectivity index (χ4v) is 14.1. The van der Waals surface area contributed by atoms with Crippen LogP contribution in [-0.2, 0) is 0 Å². The standard InChI is InChI=1S/2C52H34N8/c1-6-17-35(18-7-1)41-32-46(45-31-40(28-30-53-45)44-34-43(36-19-8-2-9-20-36)56-49(57-44)37-21-10-3-11-22-37)55-47(33-41)48-42(27-16-29-54-48)52-59-50(38-23-12-4-13-24-38)58-51(60-52)39-25-14-5-15-26-39;1-6-16-35(17-7-1)42-32-47(45-30-40(26-28-53-45)44-34-43(36-18-8-2-9-19-36)56-49(57-44)37-20-10-3-11-21-37)55-48(33-42)46-31-41(27-29-54-46)52-59-50(38-22-12-4-13-23-38)58-51(60-52)39-24-14-5-15-25-39/h2*1-34H. The maximum Gasteiger partial charge on any atom is 0.166 e. The molecular weight excluding hydrogens is 1470 g/mol. The Bertz CT molecular complexity index is 6570. The zero-order valence-electron chi connectivity index (χ0n) is 64.4. The molecule has 0 saturated heterocycles. The molecule has 20 aromatic rings. The number of rotatable bonds is 18. The quantitative estimate of drug-likeness (QED) is 0.0783. The molecule has 16 heteroatoms. The van der Waals surface area contributed by atoms with E-state index in [-0.39, 0.29) is 0 Å². The van der Waals surface area contributed by atoms with E-state index >= 15 is 0 Å². The van der Waals surface area contributed by atoms with Gasteiger partial charge in [-0.25, -0.2) is 59.8 Å². The predicted molar refractivity (Wildman–Crippen MR) is 475 cm³/mol. The van der Waals surface area contributed by atoms with Gasteiger partial charge >= 0.3 is 0 Å². The lowest BCUT2D eigenvalue weighted by molar-refractivity contribution is 1.07. The van der Waals surface area contributed by atoms with Crippen LogP contribution in [-0.4, -0.2) is 79.7 Å². The summed E-state index contributed by atoms with van der Waals surface area (Å²) < 4.78 is 0. The van der Waals surface area contributed by atoms with Gasteiger partial charge in [-0.15, -0.1) is 0 Å². The molecule has 0 aliphatic carbocycles. The Hall–Kier alpha value is -16.7. The van der Waals surface area contributed by atoms with Crippen molar-refractivity contribution < 1.29 is 0 Å². The first-order chi connectivity index (χ1) is 59.4. The second-order valence-electron chi connectivity index (χ2n) is 28.1. The van der Waals surface area contributed by atoms with Crippen LogP contribution in [0.25, 0.3) is 204 Å². The number of pyridine rings is 6. The monoisotopic (exact) mass is 1540 g/mol. The molecule has 0 bridgehead atoms. The second-order valence-corrected chi connectivity index (χ2v) is 28.1. The van der Waals surface area contributed by atoms with E-state index in [1.165, 1.54) is 0 Å². The summed E-state index contributed by atoms with van der Waals surface area (Å²) in [5.74, 6) is 4.63. The lowest BCUT2D eigenvalue weighted by Crippen LogP contribution is -2.02. The van der Waals surface area contributed by atoms with E-state index in [1.54, 1.807) is 18.6 Å². The van der Waals surface area contributed by atoms with E-state index in [4.69, 9.17) is 79.7 Å². The van der Waals surface area contributed by atoms with Crippen LogP contribution in [0, 0.1) is 0 Å². The van der Waals surface area contributed by atoms with Gasteiger partial charge in [0.2, 0.25) is 0 Å². The first kappa shape index (κ1) is 73.5. The van der Waals surface area contributed by atoms with Crippen LogP contribution in [0.5, 0.6) is 0 Å². The van der Waals surface area contributed by atoms with Crippen molar-refractivity contribution in [3.05, 3.63) is 413 Å². The lowest BCUT2D eigenvalue weighted by atomic mass is 10.0. The molecule has 0 fully saturated rings. The molecule has 564 valence electrons. The van der Waals surface area contributed by atoms with Crippen LogP contribution in [0.1, 0.15) is 0 Å². The summed E-state index contributed by atoms with van der Waals surface area (Å²) in [6.07, 6.45) is 7.16. The Balaban J connectivity index is 0.000000159. The largest absolute Gasteiger partial charge is 0.255 e. The Morgan fingerprint density at radius 1 is 0.117 bits per heavy atom. The normalized spacial score (nSPS) is 11.0. The second kappa shape index (κ2) is 34.1. The van der Waals surface area contributed by atoms with Gasteiger partial charge in [-0.2, -0.15) is 0 Å². The van der Waals surface area contributed by atoms with Gasteiger partial charge in [0.15, 0.2) is 46.6 Å². The number of hydrogen-bond donors (Lipinski definition) is 0. The number of aromatic nitrogens is 16. The van der Waals surface area contributed by atoms with Crippen LogP contribution in [0.4, 0.5) is 0 Å². The molecular formula is C104H68N16. The minimum absolute atomic E-state index is 0.492. The van der Waals surface area contributed by atoms with E-state index < -0.39 is 0 Å². The fraction of sp³-hybridized carbons (Fsp3) is 0. The van der Waals surface area contributed by atoms with Crippen molar-refractivity contribution in [3.63, 3.8) is 0 Å². The molecule has 0 radical (unpaired) electrons. The van der Waals surface area contributed by atoms with Crippen molar-refractivity contribution in [1.82, 2.24) is 79.7 Å². The molecule has 0 amide bonds. The Morgan fingerprint density at radius 2 is 0.358 bits per heavy atom. The van der Waals surface area contributed by atoms with Crippen molar-refractivity contribution in [2.45, 2.75) is 0 Å². The Morgan fingerprint density at radius 3 is 0.692 bits per heavy atom. The minimum Gasteiger partial charge on any atom is -0.255 e.